The molecule has 0 aliphatic carbocycles. The SMILES string of the molecule is Cc1ccc(S(=O)(=O)N2CCN(c3ccc(Cl)cc3Cl)CC2)c(C)c1. The zero-order valence-corrected chi connectivity index (χ0v) is 16.5. The summed E-state index contributed by atoms with van der Waals surface area (Å²) in [6.07, 6.45) is 0. The van der Waals surface area contributed by atoms with Crippen molar-refractivity contribution in [3.05, 3.63) is 57.6 Å². The summed E-state index contributed by atoms with van der Waals surface area (Å²) in [6, 6.07) is 10.8. The van der Waals surface area contributed by atoms with Crippen molar-refractivity contribution in [1.82, 2.24) is 4.31 Å². The molecule has 7 heteroatoms. The first-order valence-electron chi connectivity index (χ1n) is 8.06. The minimum absolute atomic E-state index is 0.385. The predicted octanol–water partition coefficient (Wildman–Crippen LogP) is 4.12. The maximum Gasteiger partial charge on any atom is 0.243 e. The van der Waals surface area contributed by atoms with Crippen molar-refractivity contribution in [1.29, 1.82) is 0 Å². The summed E-state index contributed by atoms with van der Waals surface area (Å²) in [6.45, 7) is 5.82. The van der Waals surface area contributed by atoms with E-state index in [0.29, 0.717) is 41.1 Å². The van der Waals surface area contributed by atoms with E-state index in [1.807, 2.05) is 32.0 Å². The fraction of sp³-hybridized carbons (Fsp3) is 0.333. The van der Waals surface area contributed by atoms with Crippen molar-refractivity contribution in [2.45, 2.75) is 18.7 Å². The summed E-state index contributed by atoms with van der Waals surface area (Å²) in [5, 5.41) is 1.17. The van der Waals surface area contributed by atoms with Crippen LogP contribution in [-0.4, -0.2) is 38.9 Å². The molecule has 4 nitrogen and oxygen atoms in total. The van der Waals surface area contributed by atoms with Gasteiger partial charge in [-0.15, -0.1) is 0 Å². The van der Waals surface area contributed by atoms with E-state index >= 15 is 0 Å². The maximum absolute atomic E-state index is 12.9. The van der Waals surface area contributed by atoms with Crippen molar-refractivity contribution in [3.63, 3.8) is 0 Å². The molecule has 1 heterocycles. The summed E-state index contributed by atoms with van der Waals surface area (Å²) in [7, 11) is -3.48. The molecule has 1 aliphatic rings. The lowest BCUT2D eigenvalue weighted by Crippen LogP contribution is -2.48. The number of rotatable bonds is 3. The van der Waals surface area contributed by atoms with Crippen LogP contribution in [0.5, 0.6) is 0 Å². The molecule has 1 aliphatic heterocycles. The third kappa shape index (κ3) is 3.80. The molecular formula is C18H20Cl2N2O2S. The molecule has 2 aromatic rings. The van der Waals surface area contributed by atoms with Gasteiger partial charge >= 0.3 is 0 Å². The van der Waals surface area contributed by atoms with Gasteiger partial charge in [0.2, 0.25) is 10.0 Å². The second-order valence-electron chi connectivity index (χ2n) is 6.26. The third-order valence-corrected chi connectivity index (χ3v) is 7.03. The number of benzene rings is 2. The fourth-order valence-corrected chi connectivity index (χ4v) is 5.29. The van der Waals surface area contributed by atoms with Crippen LogP contribution in [-0.2, 0) is 10.0 Å². The molecule has 1 saturated heterocycles. The van der Waals surface area contributed by atoms with E-state index in [0.717, 1.165) is 16.8 Å². The second-order valence-corrected chi connectivity index (χ2v) is 9.01. The van der Waals surface area contributed by atoms with Crippen LogP contribution in [0, 0.1) is 13.8 Å². The first-order valence-corrected chi connectivity index (χ1v) is 10.3. The molecule has 134 valence electrons. The van der Waals surface area contributed by atoms with Gasteiger partial charge < -0.3 is 4.90 Å². The van der Waals surface area contributed by atoms with Crippen LogP contribution in [0.25, 0.3) is 0 Å². The van der Waals surface area contributed by atoms with Crippen molar-refractivity contribution in [2.75, 3.05) is 31.1 Å². The lowest BCUT2D eigenvalue weighted by molar-refractivity contribution is 0.384. The van der Waals surface area contributed by atoms with E-state index < -0.39 is 10.0 Å². The molecule has 2 aromatic carbocycles. The molecule has 0 spiro atoms. The summed E-state index contributed by atoms with van der Waals surface area (Å²) in [4.78, 5) is 2.48. The van der Waals surface area contributed by atoms with E-state index in [1.165, 1.54) is 0 Å². The minimum Gasteiger partial charge on any atom is -0.368 e. The Morgan fingerprint density at radius 1 is 0.920 bits per heavy atom. The van der Waals surface area contributed by atoms with Crippen LogP contribution < -0.4 is 4.90 Å². The van der Waals surface area contributed by atoms with Gasteiger partial charge in [-0.1, -0.05) is 40.9 Å². The number of piperazine rings is 1. The summed E-state index contributed by atoms with van der Waals surface area (Å²) < 4.78 is 27.4. The number of aryl methyl sites for hydroxylation is 2. The van der Waals surface area contributed by atoms with Gasteiger partial charge in [0.1, 0.15) is 0 Å². The van der Waals surface area contributed by atoms with Crippen molar-refractivity contribution >= 4 is 38.9 Å². The van der Waals surface area contributed by atoms with E-state index in [-0.39, 0.29) is 0 Å². The normalized spacial score (nSPS) is 16.2. The first-order chi connectivity index (χ1) is 11.8. The van der Waals surface area contributed by atoms with E-state index in [1.54, 1.807) is 22.5 Å². The first kappa shape index (κ1) is 18.5. The standard InChI is InChI=1S/C18H20Cl2N2O2S/c1-13-3-6-18(14(2)11-13)25(23,24)22-9-7-21(8-10-22)17-5-4-15(19)12-16(17)20/h3-6,11-12H,7-10H2,1-2H3. The maximum atomic E-state index is 12.9. The highest BCUT2D eigenvalue weighted by Crippen LogP contribution is 2.30. The number of anilines is 1. The van der Waals surface area contributed by atoms with Crippen LogP contribution in [0.2, 0.25) is 10.0 Å². The zero-order chi connectivity index (χ0) is 18.2. The number of hydrogen-bond acceptors (Lipinski definition) is 3. The Morgan fingerprint density at radius 3 is 2.20 bits per heavy atom. The Kier molecular flexibility index (Phi) is 5.30. The summed E-state index contributed by atoms with van der Waals surface area (Å²) in [5.74, 6) is 0. The van der Waals surface area contributed by atoms with Gasteiger partial charge in [-0.3, -0.25) is 0 Å². The Hall–Kier alpha value is -1.27. The van der Waals surface area contributed by atoms with Crippen molar-refractivity contribution < 1.29 is 8.42 Å². The van der Waals surface area contributed by atoms with Crippen LogP contribution in [0.4, 0.5) is 5.69 Å². The van der Waals surface area contributed by atoms with Crippen LogP contribution in [0.3, 0.4) is 0 Å². The van der Waals surface area contributed by atoms with Gasteiger partial charge in [-0.2, -0.15) is 4.31 Å². The highest BCUT2D eigenvalue weighted by atomic mass is 35.5. The zero-order valence-electron chi connectivity index (χ0n) is 14.2. The minimum atomic E-state index is -3.48. The molecule has 3 rings (SSSR count). The van der Waals surface area contributed by atoms with Gasteiger partial charge in [0, 0.05) is 31.2 Å². The third-order valence-electron chi connectivity index (χ3n) is 4.44. The number of halogens is 2. The molecule has 0 bridgehead atoms. The van der Waals surface area contributed by atoms with Crippen LogP contribution in [0.15, 0.2) is 41.3 Å². The molecule has 0 atom stereocenters. The van der Waals surface area contributed by atoms with Gasteiger partial charge in [-0.25, -0.2) is 8.42 Å². The van der Waals surface area contributed by atoms with Gasteiger partial charge in [0.15, 0.2) is 0 Å². The van der Waals surface area contributed by atoms with Gasteiger partial charge in [0.05, 0.1) is 15.6 Å². The van der Waals surface area contributed by atoms with Crippen LogP contribution in [0.1, 0.15) is 11.1 Å². The molecular weight excluding hydrogens is 379 g/mol. The van der Waals surface area contributed by atoms with Crippen molar-refractivity contribution in [3.8, 4) is 0 Å². The number of nitrogens with zero attached hydrogens (tertiary/aromatic N) is 2. The Labute approximate surface area is 159 Å². The van der Waals surface area contributed by atoms with Crippen LogP contribution >= 0.6 is 23.2 Å². The quantitative estimate of drug-likeness (QED) is 0.780. The average Bonchev–Trinajstić information content (AvgIpc) is 2.54. The Bertz CT molecular complexity index is 892. The fourth-order valence-electron chi connectivity index (χ4n) is 3.13. The highest BCUT2D eigenvalue weighted by molar-refractivity contribution is 7.89. The molecule has 0 unspecified atom stereocenters. The molecule has 25 heavy (non-hydrogen) atoms. The molecule has 0 radical (unpaired) electrons. The topological polar surface area (TPSA) is 40.6 Å². The van der Waals surface area contributed by atoms with E-state index in [2.05, 4.69) is 4.90 Å². The molecule has 0 aromatic heterocycles. The van der Waals surface area contributed by atoms with Crippen molar-refractivity contribution in [2.24, 2.45) is 0 Å². The molecule has 0 amide bonds. The lowest BCUT2D eigenvalue weighted by Gasteiger charge is -2.36. The summed E-state index contributed by atoms with van der Waals surface area (Å²) in [5.41, 5.74) is 2.72. The average molecular weight is 399 g/mol. The predicted molar refractivity (Wildman–Crippen MR) is 103 cm³/mol. The summed E-state index contributed by atoms with van der Waals surface area (Å²) >= 11 is 12.2. The van der Waals surface area contributed by atoms with E-state index in [4.69, 9.17) is 23.2 Å². The van der Waals surface area contributed by atoms with E-state index in [9.17, 15) is 8.42 Å². The van der Waals surface area contributed by atoms with Gasteiger partial charge in [0.25, 0.3) is 0 Å². The molecule has 0 saturated carbocycles. The number of hydrogen-bond donors (Lipinski definition) is 0. The highest BCUT2D eigenvalue weighted by Gasteiger charge is 2.30. The Balaban J connectivity index is 1.77. The monoisotopic (exact) mass is 398 g/mol. The largest absolute Gasteiger partial charge is 0.368 e. The lowest BCUT2D eigenvalue weighted by atomic mass is 10.2. The Morgan fingerprint density at radius 2 is 1.60 bits per heavy atom. The second kappa shape index (κ2) is 7.16. The molecule has 0 N–H and O–H groups in total. The number of sulfonamides is 1. The molecule has 1 fully saturated rings. The van der Waals surface area contributed by atoms with Gasteiger partial charge in [-0.05, 0) is 43.7 Å². The smallest absolute Gasteiger partial charge is 0.243 e.